The smallest absolute Gasteiger partial charge is 0.244 e. The summed E-state index contributed by atoms with van der Waals surface area (Å²) in [5.74, 6) is 0.211. The molecule has 0 radical (unpaired) electrons. The summed E-state index contributed by atoms with van der Waals surface area (Å²) in [7, 11) is 0. The number of primary amides is 1. The molecule has 3 heteroatoms. The third-order valence-corrected chi connectivity index (χ3v) is 2.19. The van der Waals surface area contributed by atoms with Crippen molar-refractivity contribution in [2.75, 3.05) is 0 Å². The molecule has 0 spiro atoms. The summed E-state index contributed by atoms with van der Waals surface area (Å²) in [5.41, 5.74) is 6.42. The topological polar surface area (TPSA) is 56.2 Å². The highest BCUT2D eigenvalue weighted by Gasteiger charge is 2.02. The number of amides is 1. The predicted molar refractivity (Wildman–Crippen MR) is 59.1 cm³/mol. The predicted octanol–water partition coefficient (Wildman–Crippen LogP) is 2.32. The maximum Gasteiger partial charge on any atom is 0.244 e. The molecule has 15 heavy (non-hydrogen) atoms. The standard InChI is InChI=1S/C12H11NO2/c1-8(12(13)14)6-10-7-9-4-2-3-5-11(9)15-10/h2-7H,1H3,(H2,13,14). The number of benzene rings is 1. The number of furan rings is 1. The van der Waals surface area contributed by atoms with Crippen molar-refractivity contribution < 1.29 is 9.21 Å². The van der Waals surface area contributed by atoms with Gasteiger partial charge < -0.3 is 10.2 Å². The first-order chi connectivity index (χ1) is 7.16. The van der Waals surface area contributed by atoms with Crippen molar-refractivity contribution in [3.63, 3.8) is 0 Å². The second kappa shape index (κ2) is 3.61. The molecule has 2 aromatic rings. The van der Waals surface area contributed by atoms with Crippen LogP contribution in [0.1, 0.15) is 12.7 Å². The molecule has 0 saturated heterocycles. The summed E-state index contributed by atoms with van der Waals surface area (Å²) in [6.45, 7) is 1.66. The number of fused-ring (bicyclic) bond motifs is 1. The van der Waals surface area contributed by atoms with E-state index in [1.165, 1.54) is 0 Å². The van der Waals surface area contributed by atoms with Crippen LogP contribution in [0.5, 0.6) is 0 Å². The van der Waals surface area contributed by atoms with Gasteiger partial charge >= 0.3 is 0 Å². The zero-order chi connectivity index (χ0) is 10.8. The minimum atomic E-state index is -0.435. The van der Waals surface area contributed by atoms with Gasteiger partial charge in [0.25, 0.3) is 0 Å². The third-order valence-electron chi connectivity index (χ3n) is 2.19. The van der Waals surface area contributed by atoms with Crippen LogP contribution >= 0.6 is 0 Å². The summed E-state index contributed by atoms with van der Waals surface area (Å²) >= 11 is 0. The van der Waals surface area contributed by atoms with Crippen molar-refractivity contribution in [1.29, 1.82) is 0 Å². The second-order valence-electron chi connectivity index (χ2n) is 3.38. The quantitative estimate of drug-likeness (QED) is 0.758. The molecule has 3 nitrogen and oxygen atoms in total. The number of hydrogen-bond donors (Lipinski definition) is 1. The Hall–Kier alpha value is -2.03. The van der Waals surface area contributed by atoms with Crippen LogP contribution in [0.15, 0.2) is 40.3 Å². The van der Waals surface area contributed by atoms with Crippen LogP contribution in [-0.4, -0.2) is 5.91 Å². The molecule has 0 aliphatic rings. The molecule has 0 aliphatic carbocycles. The highest BCUT2D eigenvalue weighted by molar-refractivity contribution is 5.96. The van der Waals surface area contributed by atoms with Crippen LogP contribution < -0.4 is 5.73 Å². The van der Waals surface area contributed by atoms with Crippen molar-refractivity contribution in [1.82, 2.24) is 0 Å². The van der Waals surface area contributed by atoms with E-state index in [1.54, 1.807) is 13.0 Å². The van der Waals surface area contributed by atoms with E-state index in [0.717, 1.165) is 11.0 Å². The van der Waals surface area contributed by atoms with Crippen molar-refractivity contribution in [2.24, 2.45) is 5.73 Å². The van der Waals surface area contributed by atoms with Crippen LogP contribution in [0.25, 0.3) is 17.0 Å². The molecular weight excluding hydrogens is 190 g/mol. The van der Waals surface area contributed by atoms with Gasteiger partial charge in [0.1, 0.15) is 11.3 Å². The normalized spacial score (nSPS) is 11.9. The van der Waals surface area contributed by atoms with Gasteiger partial charge in [0.15, 0.2) is 0 Å². The minimum Gasteiger partial charge on any atom is -0.457 e. The maximum atomic E-state index is 10.8. The number of para-hydroxylation sites is 1. The molecule has 0 bridgehead atoms. The van der Waals surface area contributed by atoms with Crippen LogP contribution in [0.2, 0.25) is 0 Å². The molecule has 0 aliphatic heterocycles. The number of nitrogens with two attached hydrogens (primary N) is 1. The van der Waals surface area contributed by atoms with E-state index in [1.807, 2.05) is 30.3 Å². The molecule has 0 unspecified atom stereocenters. The number of hydrogen-bond acceptors (Lipinski definition) is 2. The molecule has 1 amide bonds. The lowest BCUT2D eigenvalue weighted by Crippen LogP contribution is -2.11. The van der Waals surface area contributed by atoms with E-state index in [2.05, 4.69) is 0 Å². The molecule has 1 aromatic heterocycles. The second-order valence-corrected chi connectivity index (χ2v) is 3.38. The monoisotopic (exact) mass is 201 g/mol. The first-order valence-corrected chi connectivity index (χ1v) is 4.63. The summed E-state index contributed by atoms with van der Waals surface area (Å²) in [5, 5.41) is 1.01. The van der Waals surface area contributed by atoms with Gasteiger partial charge in [0.2, 0.25) is 5.91 Å². The molecule has 1 heterocycles. The summed E-state index contributed by atoms with van der Waals surface area (Å²) in [6.07, 6.45) is 1.64. The first-order valence-electron chi connectivity index (χ1n) is 4.63. The minimum absolute atomic E-state index is 0.435. The largest absolute Gasteiger partial charge is 0.457 e. The first kappa shape index (κ1) is 9.52. The Balaban J connectivity index is 2.46. The lowest BCUT2D eigenvalue weighted by molar-refractivity contribution is -0.114. The van der Waals surface area contributed by atoms with Crippen molar-refractivity contribution >= 4 is 23.0 Å². The van der Waals surface area contributed by atoms with E-state index in [9.17, 15) is 4.79 Å². The lowest BCUT2D eigenvalue weighted by Gasteiger charge is -1.90. The molecule has 1 aromatic carbocycles. The van der Waals surface area contributed by atoms with E-state index < -0.39 is 5.91 Å². The Morgan fingerprint density at radius 1 is 1.40 bits per heavy atom. The average Bonchev–Trinajstić information content (AvgIpc) is 2.59. The Kier molecular flexibility index (Phi) is 2.29. The zero-order valence-electron chi connectivity index (χ0n) is 8.36. The molecule has 2 rings (SSSR count). The van der Waals surface area contributed by atoms with E-state index in [0.29, 0.717) is 11.3 Å². The Morgan fingerprint density at radius 3 is 2.80 bits per heavy atom. The van der Waals surface area contributed by atoms with Crippen LogP contribution in [-0.2, 0) is 4.79 Å². The van der Waals surface area contributed by atoms with Crippen molar-refractivity contribution in [3.8, 4) is 0 Å². The van der Waals surface area contributed by atoms with Crippen LogP contribution in [0, 0.1) is 0 Å². The van der Waals surface area contributed by atoms with Crippen LogP contribution in [0.4, 0.5) is 0 Å². The van der Waals surface area contributed by atoms with Gasteiger partial charge in [-0.25, -0.2) is 0 Å². The Labute approximate surface area is 87.2 Å². The molecule has 0 atom stereocenters. The lowest BCUT2D eigenvalue weighted by atomic mass is 10.2. The Bertz CT molecular complexity index is 504. The van der Waals surface area contributed by atoms with Gasteiger partial charge in [-0.05, 0) is 25.1 Å². The van der Waals surface area contributed by atoms with Gasteiger partial charge in [-0.2, -0.15) is 0 Å². The van der Waals surface area contributed by atoms with Crippen molar-refractivity contribution in [3.05, 3.63) is 41.7 Å². The SMILES string of the molecule is CC(=Cc1cc2ccccc2o1)C(N)=O. The Morgan fingerprint density at radius 2 is 2.13 bits per heavy atom. The van der Waals surface area contributed by atoms with E-state index in [4.69, 9.17) is 10.2 Å². The van der Waals surface area contributed by atoms with Gasteiger partial charge in [-0.15, -0.1) is 0 Å². The van der Waals surface area contributed by atoms with Gasteiger partial charge in [0.05, 0.1) is 0 Å². The highest BCUT2D eigenvalue weighted by atomic mass is 16.3. The maximum absolute atomic E-state index is 10.8. The number of carbonyl (C=O) groups is 1. The fraction of sp³-hybridized carbons (Fsp3) is 0.0833. The average molecular weight is 201 g/mol. The summed E-state index contributed by atoms with van der Waals surface area (Å²) < 4.78 is 5.50. The van der Waals surface area contributed by atoms with Gasteiger partial charge in [-0.1, -0.05) is 18.2 Å². The fourth-order valence-electron chi connectivity index (χ4n) is 1.36. The third kappa shape index (κ3) is 1.91. The fourth-order valence-corrected chi connectivity index (χ4v) is 1.36. The molecule has 2 N–H and O–H groups in total. The molecule has 76 valence electrons. The highest BCUT2D eigenvalue weighted by Crippen LogP contribution is 2.20. The van der Waals surface area contributed by atoms with E-state index in [-0.39, 0.29) is 0 Å². The number of carbonyl (C=O) groups excluding carboxylic acids is 1. The van der Waals surface area contributed by atoms with Crippen molar-refractivity contribution in [2.45, 2.75) is 6.92 Å². The summed E-state index contributed by atoms with van der Waals surface area (Å²) in [6, 6.07) is 9.55. The van der Waals surface area contributed by atoms with Gasteiger partial charge in [0, 0.05) is 11.0 Å². The number of rotatable bonds is 2. The van der Waals surface area contributed by atoms with E-state index >= 15 is 0 Å². The molecule has 0 fully saturated rings. The van der Waals surface area contributed by atoms with Gasteiger partial charge in [-0.3, -0.25) is 4.79 Å². The summed E-state index contributed by atoms with van der Waals surface area (Å²) in [4.78, 5) is 10.8. The molecular formula is C12H11NO2. The van der Waals surface area contributed by atoms with Crippen LogP contribution in [0.3, 0.4) is 0 Å². The molecule has 0 saturated carbocycles. The zero-order valence-corrected chi connectivity index (χ0v) is 8.36.